The predicted molar refractivity (Wildman–Crippen MR) is 168 cm³/mol. The number of carbonyl (C=O) groups is 1. The summed E-state index contributed by atoms with van der Waals surface area (Å²) in [5.74, 6) is 0.458. The summed E-state index contributed by atoms with van der Waals surface area (Å²) in [7, 11) is -2.39. The van der Waals surface area contributed by atoms with Crippen molar-refractivity contribution >= 4 is 47.4 Å². The predicted octanol–water partition coefficient (Wildman–Crippen LogP) is 5.30. The van der Waals surface area contributed by atoms with Crippen LogP contribution in [-0.2, 0) is 23.4 Å². The maximum atomic E-state index is 14.3. The van der Waals surface area contributed by atoms with Gasteiger partial charge >= 0.3 is 13.7 Å². The monoisotopic (exact) mass is 625 g/mol. The Bertz CT molecular complexity index is 1680. The summed E-state index contributed by atoms with van der Waals surface area (Å²) in [6.45, 7) is 9.62. The number of nitrogen functional groups attached to an aromatic ring is 1. The molecule has 1 aliphatic rings. The zero-order valence-electron chi connectivity index (χ0n) is 25.8. The van der Waals surface area contributed by atoms with E-state index in [9.17, 15) is 9.36 Å². The number of nitrogens with one attached hydrogen (secondary N) is 2. The molecule has 0 unspecified atom stereocenters. The van der Waals surface area contributed by atoms with Gasteiger partial charge in [0.05, 0.1) is 25.6 Å². The number of esters is 1. The normalized spacial score (nSPS) is 20.8. The number of nitrogens with two attached hydrogens (primary N) is 1. The van der Waals surface area contributed by atoms with Crippen LogP contribution in [0.3, 0.4) is 0 Å². The molecule has 5 atom stereocenters. The van der Waals surface area contributed by atoms with Gasteiger partial charge in [-0.15, -0.1) is 0 Å². The van der Waals surface area contributed by atoms with Gasteiger partial charge < -0.3 is 25.0 Å². The second kappa shape index (κ2) is 12.7. The minimum atomic E-state index is -4.12. The molecule has 0 spiro atoms. The number of hydrogen-bond donors (Lipinski definition) is 3. The Balaban J connectivity index is 1.35. The number of nitrogens with zero attached hydrogens (tertiary/aromatic N) is 4. The molecular weight excluding hydrogens is 585 g/mol. The highest BCUT2D eigenvalue weighted by Crippen LogP contribution is 2.48. The smallest absolute Gasteiger partial charge is 0.459 e. The second-order valence-electron chi connectivity index (χ2n) is 12.2. The number of ether oxygens (including phenoxy) is 2. The lowest BCUT2D eigenvalue weighted by atomic mass is 9.99. The SMILES string of the molecule is CNc1nc(N)nc2c1ncn2[C@@H]1O[C@H](CO[P@](=O)(N[C@H](C)C(=O)OCC(C)(C)C)Oc2cccc3ccccc23)C[C@@H]1C. The molecule has 13 nitrogen and oxygen atoms in total. The van der Waals surface area contributed by atoms with Gasteiger partial charge in [-0.2, -0.15) is 15.1 Å². The lowest BCUT2D eigenvalue weighted by molar-refractivity contribution is -0.148. The Kier molecular flexibility index (Phi) is 9.12. The number of anilines is 2. The van der Waals surface area contributed by atoms with E-state index in [0.717, 1.165) is 10.8 Å². The summed E-state index contributed by atoms with van der Waals surface area (Å²) in [6.07, 6.45) is 1.38. The molecule has 14 heteroatoms. The van der Waals surface area contributed by atoms with Gasteiger partial charge in [0.15, 0.2) is 17.0 Å². The first kappa shape index (κ1) is 31.6. The third kappa shape index (κ3) is 7.13. The Morgan fingerprint density at radius 2 is 1.95 bits per heavy atom. The molecule has 0 saturated carbocycles. The number of fused-ring (bicyclic) bond motifs is 2. The number of rotatable bonds is 11. The molecule has 0 amide bonds. The Morgan fingerprint density at radius 1 is 1.20 bits per heavy atom. The minimum Gasteiger partial charge on any atom is -0.464 e. The van der Waals surface area contributed by atoms with Crippen molar-refractivity contribution in [1.29, 1.82) is 0 Å². The average molecular weight is 626 g/mol. The van der Waals surface area contributed by atoms with Crippen molar-refractivity contribution < 1.29 is 27.9 Å². The summed E-state index contributed by atoms with van der Waals surface area (Å²) in [6, 6.07) is 12.1. The Hall–Kier alpha value is -3.77. The van der Waals surface area contributed by atoms with E-state index in [-0.39, 0.29) is 30.5 Å². The van der Waals surface area contributed by atoms with Crippen LogP contribution in [0.2, 0.25) is 0 Å². The molecule has 44 heavy (non-hydrogen) atoms. The molecule has 1 aliphatic heterocycles. The van der Waals surface area contributed by atoms with Crippen molar-refractivity contribution in [1.82, 2.24) is 24.6 Å². The number of hydrogen-bond acceptors (Lipinski definition) is 11. The van der Waals surface area contributed by atoms with Crippen LogP contribution in [0.4, 0.5) is 11.8 Å². The number of benzene rings is 2. The quantitative estimate of drug-likeness (QED) is 0.146. The highest BCUT2D eigenvalue weighted by molar-refractivity contribution is 7.52. The Morgan fingerprint density at radius 3 is 2.70 bits per heavy atom. The largest absolute Gasteiger partial charge is 0.464 e. The van der Waals surface area contributed by atoms with E-state index in [1.807, 2.05) is 62.6 Å². The van der Waals surface area contributed by atoms with Gasteiger partial charge in [-0.1, -0.05) is 64.1 Å². The molecule has 2 aromatic heterocycles. The molecule has 5 rings (SSSR count). The van der Waals surface area contributed by atoms with E-state index < -0.39 is 32.1 Å². The highest BCUT2D eigenvalue weighted by atomic mass is 31.2. The van der Waals surface area contributed by atoms with E-state index in [1.165, 1.54) is 0 Å². The van der Waals surface area contributed by atoms with E-state index in [2.05, 4.69) is 25.4 Å². The summed E-state index contributed by atoms with van der Waals surface area (Å²) in [5.41, 5.74) is 6.81. The standard InChI is InChI=1S/C30H40N7O6P/c1-18-14-21(42-27(18)37-17-33-24-25(32-6)34-29(31)35-26(24)37)15-41-44(39,36-19(2)28(38)40-16-30(3,4)5)43-23-13-9-11-20-10-7-8-12-22(20)23/h7-13,17-19,21,27H,14-16H2,1-6H3,(H,36,39)(H3,31,32,34,35)/t18-,19+,21-,27+,44+/m0/s1. The van der Waals surface area contributed by atoms with Crippen molar-refractivity contribution in [3.05, 3.63) is 48.8 Å². The number of aromatic nitrogens is 4. The fraction of sp³-hybridized carbons (Fsp3) is 0.467. The van der Waals surface area contributed by atoms with Gasteiger partial charge in [-0.3, -0.25) is 13.9 Å². The zero-order chi connectivity index (χ0) is 31.6. The summed E-state index contributed by atoms with van der Waals surface area (Å²) >= 11 is 0. The topological polar surface area (TPSA) is 165 Å². The highest BCUT2D eigenvalue weighted by Gasteiger charge is 2.39. The first-order chi connectivity index (χ1) is 20.9. The van der Waals surface area contributed by atoms with Gasteiger partial charge in [0.25, 0.3) is 0 Å². The maximum absolute atomic E-state index is 14.3. The fourth-order valence-corrected chi connectivity index (χ4v) is 6.58. The van der Waals surface area contributed by atoms with Gasteiger partial charge in [0.1, 0.15) is 18.0 Å². The molecule has 4 aromatic rings. The van der Waals surface area contributed by atoms with Gasteiger partial charge in [0, 0.05) is 18.4 Å². The zero-order valence-corrected chi connectivity index (χ0v) is 26.7. The molecule has 0 bridgehead atoms. The molecule has 2 aromatic carbocycles. The van der Waals surface area contributed by atoms with Crippen molar-refractivity contribution in [2.24, 2.45) is 11.3 Å². The molecule has 0 radical (unpaired) electrons. The first-order valence-corrected chi connectivity index (χ1v) is 16.1. The summed E-state index contributed by atoms with van der Waals surface area (Å²) in [4.78, 5) is 25.9. The van der Waals surface area contributed by atoms with Crippen LogP contribution in [0.25, 0.3) is 21.9 Å². The summed E-state index contributed by atoms with van der Waals surface area (Å²) < 4.78 is 40.0. The first-order valence-electron chi connectivity index (χ1n) is 14.6. The van der Waals surface area contributed by atoms with Crippen molar-refractivity contribution in [3.8, 4) is 5.75 Å². The minimum absolute atomic E-state index is 0.0351. The lowest BCUT2D eigenvalue weighted by Gasteiger charge is -2.25. The van der Waals surface area contributed by atoms with Crippen molar-refractivity contribution in [2.75, 3.05) is 31.3 Å². The van der Waals surface area contributed by atoms with E-state index in [4.69, 9.17) is 24.3 Å². The van der Waals surface area contributed by atoms with Crippen molar-refractivity contribution in [2.45, 2.75) is 59.4 Å². The second-order valence-corrected chi connectivity index (χ2v) is 13.9. The van der Waals surface area contributed by atoms with Crippen LogP contribution < -0.4 is 20.7 Å². The van der Waals surface area contributed by atoms with Crippen LogP contribution in [0, 0.1) is 11.3 Å². The van der Waals surface area contributed by atoms with Crippen molar-refractivity contribution in [3.63, 3.8) is 0 Å². The fourth-order valence-electron chi connectivity index (χ4n) is 5.04. The van der Waals surface area contributed by atoms with Gasteiger partial charge in [-0.05, 0) is 30.2 Å². The Labute approximate surface area is 256 Å². The maximum Gasteiger partial charge on any atom is 0.459 e. The summed E-state index contributed by atoms with van der Waals surface area (Å²) in [5, 5.41) is 7.44. The molecular formula is C30H40N7O6P. The third-order valence-corrected chi connectivity index (χ3v) is 8.78. The molecule has 1 saturated heterocycles. The average Bonchev–Trinajstić information content (AvgIpc) is 3.56. The molecule has 0 aliphatic carbocycles. The van der Waals surface area contributed by atoms with Crippen LogP contribution in [0.1, 0.15) is 47.3 Å². The molecule has 1 fully saturated rings. The lowest BCUT2D eigenvalue weighted by Crippen LogP contribution is -2.37. The van der Waals surface area contributed by atoms with Crippen LogP contribution in [0.15, 0.2) is 48.8 Å². The van der Waals surface area contributed by atoms with Crippen LogP contribution >= 0.6 is 7.75 Å². The van der Waals surface area contributed by atoms with E-state index in [1.54, 1.807) is 32.4 Å². The third-order valence-electron chi connectivity index (χ3n) is 7.15. The number of imidazole rings is 1. The molecule has 3 heterocycles. The molecule has 4 N–H and O–H groups in total. The van der Waals surface area contributed by atoms with E-state index in [0.29, 0.717) is 29.2 Å². The van der Waals surface area contributed by atoms with E-state index >= 15 is 0 Å². The molecule has 236 valence electrons. The number of carbonyl (C=O) groups excluding carboxylic acids is 1. The van der Waals surface area contributed by atoms with Crippen LogP contribution in [0.5, 0.6) is 5.75 Å². The van der Waals surface area contributed by atoms with Crippen LogP contribution in [-0.4, -0.2) is 57.9 Å². The van der Waals surface area contributed by atoms with Gasteiger partial charge in [-0.25, -0.2) is 9.55 Å². The van der Waals surface area contributed by atoms with Gasteiger partial charge in [0.2, 0.25) is 5.95 Å².